The summed E-state index contributed by atoms with van der Waals surface area (Å²) < 4.78 is 6.95. The molecule has 1 aromatic carbocycles. The molecule has 90 valence electrons. The number of nitrogens with zero attached hydrogens (tertiary/aromatic N) is 2. The van der Waals surface area contributed by atoms with E-state index in [2.05, 4.69) is 5.10 Å². The molecule has 0 saturated heterocycles. The summed E-state index contributed by atoms with van der Waals surface area (Å²) in [6.45, 7) is 3.58. The molecular formula is C12H14N2O3. The van der Waals surface area contributed by atoms with E-state index in [9.17, 15) is 4.79 Å². The number of aromatic nitrogens is 2. The van der Waals surface area contributed by atoms with E-state index < -0.39 is 5.97 Å². The number of hydrogen-bond donors (Lipinski definition) is 1. The van der Waals surface area contributed by atoms with Gasteiger partial charge in [0.2, 0.25) is 0 Å². The third-order valence-electron chi connectivity index (χ3n) is 2.66. The molecule has 0 spiro atoms. The average Bonchev–Trinajstić information content (AvgIpc) is 2.52. The van der Waals surface area contributed by atoms with Crippen LogP contribution in [0.1, 0.15) is 11.3 Å². The summed E-state index contributed by atoms with van der Waals surface area (Å²) in [6, 6.07) is 3.64. The second kappa shape index (κ2) is 4.08. The Balaban J connectivity index is 2.47. The molecule has 1 aromatic heterocycles. The lowest BCUT2D eigenvalue weighted by molar-refractivity contribution is -0.139. The van der Waals surface area contributed by atoms with Gasteiger partial charge in [-0.2, -0.15) is 5.10 Å². The van der Waals surface area contributed by atoms with Crippen LogP contribution in [-0.2, 0) is 11.8 Å². The van der Waals surface area contributed by atoms with E-state index in [1.54, 1.807) is 4.68 Å². The normalized spacial score (nSPS) is 10.8. The summed E-state index contributed by atoms with van der Waals surface area (Å²) in [7, 11) is 1.86. The minimum absolute atomic E-state index is 0.332. The molecule has 0 fully saturated rings. The lowest BCUT2D eigenvalue weighted by atomic mass is 10.1. The van der Waals surface area contributed by atoms with Crippen LogP contribution in [0, 0.1) is 13.8 Å². The highest BCUT2D eigenvalue weighted by molar-refractivity contribution is 5.86. The van der Waals surface area contributed by atoms with Crippen molar-refractivity contribution in [2.45, 2.75) is 13.8 Å². The van der Waals surface area contributed by atoms with Crippen molar-refractivity contribution in [1.82, 2.24) is 9.78 Å². The zero-order chi connectivity index (χ0) is 12.6. The highest BCUT2D eigenvalue weighted by Crippen LogP contribution is 2.26. The van der Waals surface area contributed by atoms with Crippen molar-refractivity contribution in [2.24, 2.45) is 7.05 Å². The zero-order valence-corrected chi connectivity index (χ0v) is 10.0. The Labute approximate surface area is 98.6 Å². The molecule has 5 nitrogen and oxygen atoms in total. The molecule has 5 heteroatoms. The summed E-state index contributed by atoms with van der Waals surface area (Å²) in [5, 5.41) is 14.0. The van der Waals surface area contributed by atoms with Gasteiger partial charge < -0.3 is 9.84 Å². The molecule has 2 rings (SSSR count). The predicted octanol–water partition coefficient (Wildman–Crippen LogP) is 1.65. The molecule has 2 aromatic rings. The first-order chi connectivity index (χ1) is 7.99. The van der Waals surface area contributed by atoms with Gasteiger partial charge in [0.1, 0.15) is 5.75 Å². The van der Waals surface area contributed by atoms with Crippen molar-refractivity contribution >= 4 is 16.9 Å². The van der Waals surface area contributed by atoms with Crippen LogP contribution >= 0.6 is 0 Å². The Bertz CT molecular complexity index is 587. The highest BCUT2D eigenvalue weighted by atomic mass is 16.5. The molecule has 0 saturated carbocycles. The van der Waals surface area contributed by atoms with Crippen LogP contribution in [0.3, 0.4) is 0 Å². The van der Waals surface area contributed by atoms with Crippen molar-refractivity contribution in [2.75, 3.05) is 6.61 Å². The van der Waals surface area contributed by atoms with Crippen molar-refractivity contribution in [3.8, 4) is 5.75 Å². The summed E-state index contributed by atoms with van der Waals surface area (Å²) in [5.74, 6) is -0.427. The maximum Gasteiger partial charge on any atom is 0.341 e. The molecule has 0 atom stereocenters. The molecule has 0 unspecified atom stereocenters. The lowest BCUT2D eigenvalue weighted by Crippen LogP contribution is -2.09. The number of aryl methyl sites for hydroxylation is 3. The van der Waals surface area contributed by atoms with Crippen molar-refractivity contribution in [3.63, 3.8) is 0 Å². The van der Waals surface area contributed by atoms with Crippen LogP contribution in [0.5, 0.6) is 5.75 Å². The Kier molecular flexibility index (Phi) is 2.75. The fourth-order valence-corrected chi connectivity index (χ4v) is 2.02. The van der Waals surface area contributed by atoms with Crippen LogP contribution in [0.2, 0.25) is 0 Å². The lowest BCUT2D eigenvalue weighted by Gasteiger charge is -2.06. The molecule has 17 heavy (non-hydrogen) atoms. The van der Waals surface area contributed by atoms with Gasteiger partial charge in [-0.15, -0.1) is 0 Å². The maximum absolute atomic E-state index is 10.4. The van der Waals surface area contributed by atoms with Gasteiger partial charge >= 0.3 is 5.97 Å². The molecule has 0 aliphatic carbocycles. The van der Waals surface area contributed by atoms with Gasteiger partial charge in [-0.05, 0) is 25.5 Å². The van der Waals surface area contributed by atoms with Crippen molar-refractivity contribution in [3.05, 3.63) is 23.4 Å². The zero-order valence-electron chi connectivity index (χ0n) is 10.0. The number of fused-ring (bicyclic) bond motifs is 1. The third kappa shape index (κ3) is 2.08. The second-order valence-electron chi connectivity index (χ2n) is 4.03. The van der Waals surface area contributed by atoms with E-state index in [1.807, 2.05) is 33.0 Å². The number of aliphatic carboxylic acids is 1. The van der Waals surface area contributed by atoms with E-state index in [1.165, 1.54) is 0 Å². The quantitative estimate of drug-likeness (QED) is 0.877. The SMILES string of the molecule is Cc1cc(OCC(=O)O)cc2c1c(C)nn2C. The summed E-state index contributed by atoms with van der Waals surface area (Å²) in [5.41, 5.74) is 2.95. The molecule has 0 aliphatic rings. The Morgan fingerprint density at radius 3 is 2.82 bits per heavy atom. The number of carbonyl (C=O) groups is 1. The summed E-state index contributed by atoms with van der Waals surface area (Å²) >= 11 is 0. The van der Waals surface area contributed by atoms with Crippen LogP contribution in [0.4, 0.5) is 0 Å². The topological polar surface area (TPSA) is 64.3 Å². The van der Waals surface area contributed by atoms with Gasteiger partial charge in [0.15, 0.2) is 6.61 Å². The van der Waals surface area contributed by atoms with Crippen LogP contribution in [0.25, 0.3) is 10.9 Å². The molecule has 0 radical (unpaired) electrons. The molecule has 0 bridgehead atoms. The smallest absolute Gasteiger partial charge is 0.341 e. The van der Waals surface area contributed by atoms with Gasteiger partial charge in [0, 0.05) is 18.5 Å². The maximum atomic E-state index is 10.4. The molecular weight excluding hydrogens is 220 g/mol. The molecule has 1 heterocycles. The van der Waals surface area contributed by atoms with Gasteiger partial charge in [-0.25, -0.2) is 4.79 Å². The largest absolute Gasteiger partial charge is 0.482 e. The van der Waals surface area contributed by atoms with Gasteiger partial charge in [-0.1, -0.05) is 0 Å². The Morgan fingerprint density at radius 1 is 1.47 bits per heavy atom. The van der Waals surface area contributed by atoms with Gasteiger partial charge in [-0.3, -0.25) is 4.68 Å². The van der Waals surface area contributed by atoms with Crippen molar-refractivity contribution < 1.29 is 14.6 Å². The van der Waals surface area contributed by atoms with E-state index >= 15 is 0 Å². The van der Waals surface area contributed by atoms with E-state index in [0.717, 1.165) is 22.2 Å². The first-order valence-electron chi connectivity index (χ1n) is 5.27. The van der Waals surface area contributed by atoms with Gasteiger partial charge in [0.25, 0.3) is 0 Å². The minimum atomic E-state index is -0.982. The first kappa shape index (κ1) is 11.4. The standard InChI is InChI=1S/C12H14N2O3/c1-7-4-9(17-6-11(15)16)5-10-12(7)8(2)13-14(10)3/h4-5H,6H2,1-3H3,(H,15,16). The average molecular weight is 234 g/mol. The van der Waals surface area contributed by atoms with Crippen molar-refractivity contribution in [1.29, 1.82) is 0 Å². The van der Waals surface area contributed by atoms with Gasteiger partial charge in [0.05, 0.1) is 11.2 Å². The van der Waals surface area contributed by atoms with Crippen LogP contribution < -0.4 is 4.74 Å². The summed E-state index contributed by atoms with van der Waals surface area (Å²) in [6.07, 6.45) is 0. The fourth-order valence-electron chi connectivity index (χ4n) is 2.02. The second-order valence-corrected chi connectivity index (χ2v) is 4.03. The monoisotopic (exact) mass is 234 g/mol. The first-order valence-corrected chi connectivity index (χ1v) is 5.27. The summed E-state index contributed by atoms with van der Waals surface area (Å²) in [4.78, 5) is 10.4. The minimum Gasteiger partial charge on any atom is -0.482 e. The number of benzene rings is 1. The number of rotatable bonds is 3. The number of carboxylic acids is 1. The van der Waals surface area contributed by atoms with E-state index in [-0.39, 0.29) is 6.61 Å². The number of carboxylic acid groups (broad SMARTS) is 1. The van der Waals surface area contributed by atoms with E-state index in [0.29, 0.717) is 5.75 Å². The van der Waals surface area contributed by atoms with E-state index in [4.69, 9.17) is 9.84 Å². The predicted molar refractivity (Wildman–Crippen MR) is 63.3 cm³/mol. The number of ether oxygens (including phenoxy) is 1. The highest BCUT2D eigenvalue weighted by Gasteiger charge is 2.10. The van der Waals surface area contributed by atoms with Crippen LogP contribution in [0.15, 0.2) is 12.1 Å². The Morgan fingerprint density at radius 2 is 2.18 bits per heavy atom. The Hall–Kier alpha value is -2.04. The molecule has 1 N–H and O–H groups in total. The third-order valence-corrected chi connectivity index (χ3v) is 2.66. The number of hydrogen-bond acceptors (Lipinski definition) is 3. The molecule has 0 amide bonds. The fraction of sp³-hybridized carbons (Fsp3) is 0.333. The van der Waals surface area contributed by atoms with Crippen LogP contribution in [-0.4, -0.2) is 27.5 Å². The molecule has 0 aliphatic heterocycles.